The molecule has 0 aliphatic carbocycles. The summed E-state index contributed by atoms with van der Waals surface area (Å²) < 4.78 is 80.1. The third-order valence-electron chi connectivity index (χ3n) is 7.99. The number of nitrogens with zero attached hydrogens (tertiary/aromatic N) is 1. The van der Waals surface area contributed by atoms with Crippen molar-refractivity contribution in [3.63, 3.8) is 0 Å². The van der Waals surface area contributed by atoms with Gasteiger partial charge in [0.1, 0.15) is 17.4 Å². The van der Waals surface area contributed by atoms with Gasteiger partial charge in [0.05, 0.1) is 22.8 Å². The minimum atomic E-state index is -4.51. The number of rotatable bonds is 12. The number of hydrogen-bond acceptors (Lipinski definition) is 6. The molecule has 0 radical (unpaired) electrons. The highest BCUT2D eigenvalue weighted by Gasteiger charge is 2.42. The Morgan fingerprint density at radius 3 is 2.32 bits per heavy atom. The molecule has 5 rings (SSSR count). The molecule has 4 aromatic rings. The summed E-state index contributed by atoms with van der Waals surface area (Å²) in [5.74, 6) is -0.116. The summed E-state index contributed by atoms with van der Waals surface area (Å²) in [6, 6.07) is 23.7. The molecule has 264 valence electrons. The number of sulfonamides is 1. The summed E-state index contributed by atoms with van der Waals surface area (Å²) in [5.41, 5.74) is 1.37. The van der Waals surface area contributed by atoms with E-state index >= 15 is 0 Å². The van der Waals surface area contributed by atoms with Crippen molar-refractivity contribution in [2.75, 3.05) is 17.5 Å². The molecule has 1 aliphatic rings. The first-order valence-corrected chi connectivity index (χ1v) is 17.7. The molecule has 4 aromatic carbocycles. The van der Waals surface area contributed by atoms with Crippen LogP contribution in [0.2, 0.25) is 0 Å². The molecule has 0 fully saturated rings. The van der Waals surface area contributed by atoms with Crippen LogP contribution in [0.5, 0.6) is 5.75 Å². The number of benzene rings is 4. The predicted molar refractivity (Wildman–Crippen MR) is 184 cm³/mol. The van der Waals surface area contributed by atoms with Gasteiger partial charge in [0, 0.05) is 19.4 Å². The van der Waals surface area contributed by atoms with E-state index in [9.17, 15) is 31.2 Å². The number of para-hydroxylation sites is 1. The highest BCUT2D eigenvalue weighted by atomic mass is 32.2. The number of amides is 1. The first-order valence-electron chi connectivity index (χ1n) is 16.2. The first kappa shape index (κ1) is 36.4. The third-order valence-corrected chi connectivity index (χ3v) is 9.82. The average molecular weight is 709 g/mol. The molecular formula is C38H39F3N2O6S. The van der Waals surface area contributed by atoms with Crippen LogP contribution >= 0.6 is 0 Å². The summed E-state index contributed by atoms with van der Waals surface area (Å²) in [6.45, 7) is 6.03. The Labute approximate surface area is 290 Å². The Hall–Kier alpha value is -4.84. The van der Waals surface area contributed by atoms with Crippen molar-refractivity contribution in [2.24, 2.45) is 0 Å². The van der Waals surface area contributed by atoms with Crippen LogP contribution in [0.4, 0.5) is 18.9 Å². The zero-order valence-corrected chi connectivity index (χ0v) is 28.8. The van der Waals surface area contributed by atoms with Crippen LogP contribution in [-0.2, 0) is 43.4 Å². The Morgan fingerprint density at radius 2 is 1.60 bits per heavy atom. The lowest BCUT2D eigenvalue weighted by atomic mass is 10.0. The number of fused-ring (bicyclic) bond motifs is 1. The largest absolute Gasteiger partial charge is 0.494 e. The Morgan fingerprint density at radius 1 is 0.880 bits per heavy atom. The van der Waals surface area contributed by atoms with Gasteiger partial charge in [-0.05, 0) is 98.3 Å². The smallest absolute Gasteiger partial charge is 0.416 e. The summed E-state index contributed by atoms with van der Waals surface area (Å²) in [6.07, 6.45) is -3.13. The van der Waals surface area contributed by atoms with Crippen LogP contribution in [0.15, 0.2) is 102 Å². The third kappa shape index (κ3) is 9.03. The molecular weight excluding hydrogens is 669 g/mol. The van der Waals surface area contributed by atoms with Crippen molar-refractivity contribution in [1.82, 2.24) is 5.32 Å². The van der Waals surface area contributed by atoms with Crippen LogP contribution in [0.25, 0.3) is 11.1 Å². The van der Waals surface area contributed by atoms with E-state index in [-0.39, 0.29) is 30.3 Å². The van der Waals surface area contributed by atoms with Crippen molar-refractivity contribution >= 4 is 27.6 Å². The molecule has 0 saturated heterocycles. The molecule has 12 heteroatoms. The maximum Gasteiger partial charge on any atom is 0.416 e. The summed E-state index contributed by atoms with van der Waals surface area (Å²) in [4.78, 5) is 25.4. The fourth-order valence-corrected chi connectivity index (χ4v) is 7.35. The number of nitrogens with one attached hydrogen (secondary N) is 1. The van der Waals surface area contributed by atoms with E-state index in [4.69, 9.17) is 9.47 Å². The lowest BCUT2D eigenvalue weighted by Crippen LogP contribution is -2.48. The van der Waals surface area contributed by atoms with Crippen LogP contribution in [-0.4, -0.2) is 45.1 Å². The van der Waals surface area contributed by atoms with E-state index in [1.165, 1.54) is 36.4 Å². The number of esters is 1. The number of carbonyl (C=O) groups is 2. The van der Waals surface area contributed by atoms with Gasteiger partial charge < -0.3 is 14.8 Å². The van der Waals surface area contributed by atoms with Gasteiger partial charge in [0.25, 0.3) is 10.0 Å². The lowest BCUT2D eigenvalue weighted by molar-refractivity contribution is -0.155. The monoisotopic (exact) mass is 708 g/mol. The van der Waals surface area contributed by atoms with Gasteiger partial charge in [-0.3, -0.25) is 13.9 Å². The molecule has 1 N–H and O–H groups in total. The highest BCUT2D eigenvalue weighted by Crippen LogP contribution is 2.38. The highest BCUT2D eigenvalue weighted by molar-refractivity contribution is 7.93. The number of carbonyl (C=O) groups excluding carboxylic acids is 2. The van der Waals surface area contributed by atoms with Crippen LogP contribution in [0.3, 0.4) is 0 Å². The average Bonchev–Trinajstić information content (AvgIpc) is 3.47. The maximum atomic E-state index is 14.0. The molecule has 1 amide bonds. The van der Waals surface area contributed by atoms with E-state index in [0.29, 0.717) is 47.6 Å². The number of halogens is 3. The molecule has 8 nitrogen and oxygen atoms in total. The zero-order valence-electron chi connectivity index (χ0n) is 28.0. The molecule has 0 unspecified atom stereocenters. The van der Waals surface area contributed by atoms with Gasteiger partial charge in [-0.1, -0.05) is 54.6 Å². The minimum Gasteiger partial charge on any atom is -0.494 e. The molecule has 1 heterocycles. The summed E-state index contributed by atoms with van der Waals surface area (Å²) in [5, 5.41) is 2.88. The normalized spacial score (nSPS) is 14.6. The predicted octanol–water partition coefficient (Wildman–Crippen LogP) is 7.35. The van der Waals surface area contributed by atoms with Gasteiger partial charge in [0.2, 0.25) is 5.91 Å². The number of anilines is 1. The molecule has 1 atom stereocenters. The Balaban J connectivity index is 1.23. The molecule has 1 aliphatic heterocycles. The minimum absolute atomic E-state index is 0.0920. The Kier molecular flexibility index (Phi) is 10.9. The second-order valence-electron chi connectivity index (χ2n) is 13.0. The number of ether oxygens (including phenoxy) is 2. The first-order chi connectivity index (χ1) is 23.6. The molecule has 50 heavy (non-hydrogen) atoms. The van der Waals surface area contributed by atoms with Crippen LogP contribution in [0.1, 0.15) is 50.3 Å². The van der Waals surface area contributed by atoms with Crippen molar-refractivity contribution < 1.29 is 40.7 Å². The van der Waals surface area contributed by atoms with Crippen LogP contribution < -0.4 is 14.4 Å². The van der Waals surface area contributed by atoms with Crippen molar-refractivity contribution in [2.45, 2.75) is 69.2 Å². The van der Waals surface area contributed by atoms with E-state index in [2.05, 4.69) is 5.32 Å². The molecule has 0 aromatic heterocycles. The fourth-order valence-electron chi connectivity index (χ4n) is 5.70. The van der Waals surface area contributed by atoms with E-state index in [0.717, 1.165) is 22.0 Å². The second kappa shape index (κ2) is 15.0. The van der Waals surface area contributed by atoms with Crippen molar-refractivity contribution in [1.29, 1.82) is 0 Å². The number of hydrogen-bond donors (Lipinski definition) is 1. The lowest BCUT2D eigenvalue weighted by Gasteiger charge is -2.26. The SMILES string of the molecule is CC(C)(C)OC(=O)CCCOc1cccc(CCNC(=O)[C@@H]2Cc3ccccc3N2S(=O)(=O)c2ccc(-c3cccc(C(F)(F)F)c3)cc2)c1. The van der Waals surface area contributed by atoms with Crippen molar-refractivity contribution in [3.05, 3.63) is 114 Å². The van der Waals surface area contributed by atoms with Crippen LogP contribution in [0, 0.1) is 0 Å². The second-order valence-corrected chi connectivity index (χ2v) is 14.8. The quantitative estimate of drug-likeness (QED) is 0.122. The molecule has 0 bridgehead atoms. The van der Waals surface area contributed by atoms with Gasteiger partial charge in [-0.2, -0.15) is 13.2 Å². The van der Waals surface area contributed by atoms with Gasteiger partial charge in [-0.15, -0.1) is 0 Å². The molecule has 0 saturated carbocycles. The summed E-state index contributed by atoms with van der Waals surface area (Å²) >= 11 is 0. The van der Waals surface area contributed by atoms with E-state index in [1.807, 2.05) is 39.0 Å². The maximum absolute atomic E-state index is 14.0. The van der Waals surface area contributed by atoms with Gasteiger partial charge in [-0.25, -0.2) is 8.42 Å². The summed E-state index contributed by atoms with van der Waals surface area (Å²) in [7, 11) is -4.24. The van der Waals surface area contributed by atoms with E-state index < -0.39 is 39.3 Å². The van der Waals surface area contributed by atoms with Crippen molar-refractivity contribution in [3.8, 4) is 16.9 Å². The zero-order chi connectivity index (χ0) is 36.1. The number of alkyl halides is 3. The standard InChI is InChI=1S/C38H39F3N2O6S/c1-37(2,3)49-35(44)15-8-22-48-31-13-6-9-26(23-31)20-21-42-36(45)34-25-29-10-4-5-14-33(29)43(34)50(46,47)32-18-16-27(17-19-32)28-11-7-12-30(24-28)38(39,40)41/h4-7,9-14,16-19,23-24,34H,8,15,20-22,25H2,1-3H3,(H,42,45)/t34-/m0/s1. The van der Waals surface area contributed by atoms with Gasteiger partial charge >= 0.3 is 12.1 Å². The Bertz CT molecular complexity index is 1940. The van der Waals surface area contributed by atoms with Gasteiger partial charge in [0.15, 0.2) is 0 Å². The topological polar surface area (TPSA) is 102 Å². The molecule has 0 spiro atoms. The van der Waals surface area contributed by atoms with E-state index in [1.54, 1.807) is 30.3 Å². The fraction of sp³-hybridized carbons (Fsp3) is 0.316.